The number of rotatable bonds is 4. The maximum Gasteiger partial charge on any atom is 0.270 e. The molecule has 0 bridgehead atoms. The first-order valence-electron chi connectivity index (χ1n) is 6.91. The van der Waals surface area contributed by atoms with Crippen molar-refractivity contribution >= 4 is 11.7 Å². The Morgan fingerprint density at radius 3 is 2.85 bits per heavy atom. The summed E-state index contributed by atoms with van der Waals surface area (Å²) in [5.41, 5.74) is 5.44. The van der Waals surface area contributed by atoms with Crippen LogP contribution < -0.4 is 11.1 Å². The summed E-state index contributed by atoms with van der Waals surface area (Å²) in [7, 11) is 0. The summed E-state index contributed by atoms with van der Waals surface area (Å²) in [5.74, 6) is 0.419. The van der Waals surface area contributed by atoms with Crippen molar-refractivity contribution in [2.24, 2.45) is 16.8 Å². The van der Waals surface area contributed by atoms with E-state index < -0.39 is 5.54 Å². The van der Waals surface area contributed by atoms with Crippen LogP contribution in [0, 0.1) is 5.92 Å². The summed E-state index contributed by atoms with van der Waals surface area (Å²) in [6, 6.07) is 1.59. The molecule has 1 aromatic rings. The average Bonchev–Trinajstić information content (AvgIpc) is 3.01. The summed E-state index contributed by atoms with van der Waals surface area (Å²) < 4.78 is 0. The Balaban J connectivity index is 2.15. The zero-order chi connectivity index (χ0) is 14.6. The lowest BCUT2D eigenvalue weighted by atomic mass is 9.75. The predicted octanol–water partition coefficient (Wildman–Crippen LogP) is 1.22. The summed E-state index contributed by atoms with van der Waals surface area (Å²) in [4.78, 5) is 12.2. The fourth-order valence-electron chi connectivity index (χ4n) is 2.79. The van der Waals surface area contributed by atoms with Gasteiger partial charge in [-0.3, -0.25) is 9.89 Å². The number of aromatic nitrogens is 2. The normalized spacial score (nSPS) is 27.2. The zero-order valence-electron chi connectivity index (χ0n) is 11.6. The number of hydrogen-bond acceptors (Lipinski definition) is 4. The molecule has 0 atom stereocenters. The number of nitrogens with one attached hydrogen (secondary N) is 2. The van der Waals surface area contributed by atoms with Crippen LogP contribution in [0.3, 0.4) is 0 Å². The van der Waals surface area contributed by atoms with E-state index in [1.165, 1.54) is 6.20 Å². The molecule has 20 heavy (non-hydrogen) atoms. The van der Waals surface area contributed by atoms with Crippen LogP contribution in [-0.4, -0.2) is 32.7 Å². The van der Waals surface area contributed by atoms with Gasteiger partial charge in [0.2, 0.25) is 0 Å². The third kappa shape index (κ3) is 2.76. The molecule has 0 saturated heterocycles. The topological polar surface area (TPSA) is 116 Å². The van der Waals surface area contributed by atoms with E-state index in [0.717, 1.165) is 19.3 Å². The molecule has 1 aliphatic carbocycles. The van der Waals surface area contributed by atoms with E-state index in [2.05, 4.69) is 27.6 Å². The van der Waals surface area contributed by atoms with Gasteiger partial charge in [0, 0.05) is 6.20 Å². The van der Waals surface area contributed by atoms with Gasteiger partial charge in [0.05, 0.1) is 0 Å². The minimum Gasteiger partial charge on any atom is -0.409 e. The number of nitrogens with zero attached hydrogens (tertiary/aromatic N) is 2. The molecule has 0 unspecified atom stereocenters. The molecule has 110 valence electrons. The van der Waals surface area contributed by atoms with Crippen LogP contribution in [0.1, 0.15) is 49.5 Å². The maximum atomic E-state index is 12.2. The fourth-order valence-corrected chi connectivity index (χ4v) is 2.79. The molecule has 2 rings (SSSR count). The summed E-state index contributed by atoms with van der Waals surface area (Å²) >= 11 is 0. The first-order valence-corrected chi connectivity index (χ1v) is 6.91. The van der Waals surface area contributed by atoms with E-state index in [-0.39, 0.29) is 11.7 Å². The molecule has 1 fully saturated rings. The van der Waals surface area contributed by atoms with E-state index >= 15 is 0 Å². The first-order chi connectivity index (χ1) is 9.61. The highest BCUT2D eigenvalue weighted by Crippen LogP contribution is 2.34. The number of H-pyrrole nitrogens is 1. The lowest BCUT2D eigenvalue weighted by Crippen LogP contribution is -2.59. The van der Waals surface area contributed by atoms with Crippen LogP contribution in [-0.2, 0) is 0 Å². The Bertz CT molecular complexity index is 475. The van der Waals surface area contributed by atoms with Gasteiger partial charge in [-0.2, -0.15) is 5.10 Å². The first kappa shape index (κ1) is 14.4. The Morgan fingerprint density at radius 2 is 2.35 bits per heavy atom. The van der Waals surface area contributed by atoms with Gasteiger partial charge in [-0.15, -0.1) is 0 Å². The highest BCUT2D eigenvalue weighted by Gasteiger charge is 2.40. The molecule has 1 aliphatic rings. The highest BCUT2D eigenvalue weighted by atomic mass is 16.4. The zero-order valence-corrected chi connectivity index (χ0v) is 11.6. The van der Waals surface area contributed by atoms with Gasteiger partial charge in [-0.1, -0.05) is 18.5 Å². The molecule has 5 N–H and O–H groups in total. The van der Waals surface area contributed by atoms with Gasteiger partial charge in [0.25, 0.3) is 5.91 Å². The van der Waals surface area contributed by atoms with E-state index in [0.29, 0.717) is 24.5 Å². The second-order valence-electron chi connectivity index (χ2n) is 5.34. The van der Waals surface area contributed by atoms with Crippen LogP contribution in [0.4, 0.5) is 0 Å². The van der Waals surface area contributed by atoms with Crippen LogP contribution in [0.2, 0.25) is 0 Å². The van der Waals surface area contributed by atoms with E-state index in [4.69, 9.17) is 10.9 Å². The second-order valence-corrected chi connectivity index (χ2v) is 5.34. The number of carbonyl (C=O) groups excluding carboxylic acids is 1. The molecule has 0 spiro atoms. The molecular formula is C13H21N5O2. The Kier molecular flexibility index (Phi) is 4.26. The van der Waals surface area contributed by atoms with Crippen molar-refractivity contribution in [3.63, 3.8) is 0 Å². The van der Waals surface area contributed by atoms with E-state index in [1.807, 2.05) is 0 Å². The Morgan fingerprint density at radius 1 is 1.65 bits per heavy atom. The number of aromatic amines is 1. The van der Waals surface area contributed by atoms with Gasteiger partial charge in [0.15, 0.2) is 5.84 Å². The van der Waals surface area contributed by atoms with Gasteiger partial charge >= 0.3 is 0 Å². The standard InChI is InChI=1S/C13H21N5O2/c1-2-9-3-6-13(7-4-9,12(14)18-20)16-11(19)10-5-8-15-17-10/h5,8-9,20H,2-4,6-7H2,1H3,(H2,14,18)(H,15,17)(H,16,19). The summed E-state index contributed by atoms with van der Waals surface area (Å²) in [6.07, 6.45) is 5.90. The summed E-state index contributed by atoms with van der Waals surface area (Å²) in [6.45, 7) is 2.16. The molecule has 0 radical (unpaired) electrons. The minimum absolute atomic E-state index is 0.0694. The van der Waals surface area contributed by atoms with Crippen molar-refractivity contribution in [3.05, 3.63) is 18.0 Å². The van der Waals surface area contributed by atoms with Crippen molar-refractivity contribution in [3.8, 4) is 0 Å². The Labute approximate surface area is 117 Å². The quantitative estimate of drug-likeness (QED) is 0.287. The van der Waals surface area contributed by atoms with Gasteiger partial charge in [-0.05, 0) is 37.7 Å². The summed E-state index contributed by atoms with van der Waals surface area (Å²) in [5, 5.41) is 21.4. The van der Waals surface area contributed by atoms with E-state index in [9.17, 15) is 4.79 Å². The van der Waals surface area contributed by atoms with Crippen LogP contribution >= 0.6 is 0 Å². The SMILES string of the molecule is CCC1CCC(NC(=O)c2ccn[nH]2)(C(N)=NO)CC1. The lowest BCUT2D eigenvalue weighted by Gasteiger charge is -2.39. The Hall–Kier alpha value is -2.05. The largest absolute Gasteiger partial charge is 0.409 e. The molecule has 1 heterocycles. The highest BCUT2D eigenvalue weighted by molar-refractivity contribution is 5.99. The van der Waals surface area contributed by atoms with Crippen molar-refractivity contribution < 1.29 is 10.0 Å². The smallest absolute Gasteiger partial charge is 0.270 e. The molecule has 0 aliphatic heterocycles. The number of amides is 1. The molecule has 1 aromatic heterocycles. The minimum atomic E-state index is -0.761. The number of nitrogens with two attached hydrogens (primary N) is 1. The number of carbonyl (C=O) groups is 1. The second kappa shape index (κ2) is 5.94. The van der Waals surface area contributed by atoms with Crippen LogP contribution in [0.15, 0.2) is 17.4 Å². The third-order valence-electron chi connectivity index (χ3n) is 4.23. The lowest BCUT2D eigenvalue weighted by molar-refractivity contribution is 0.0890. The van der Waals surface area contributed by atoms with Crippen molar-refractivity contribution in [1.82, 2.24) is 15.5 Å². The molecular weight excluding hydrogens is 258 g/mol. The van der Waals surface area contributed by atoms with Gasteiger partial charge < -0.3 is 16.3 Å². The van der Waals surface area contributed by atoms with Gasteiger partial charge in [-0.25, -0.2) is 0 Å². The monoisotopic (exact) mass is 279 g/mol. The van der Waals surface area contributed by atoms with Crippen LogP contribution in [0.25, 0.3) is 0 Å². The molecule has 1 amide bonds. The van der Waals surface area contributed by atoms with Crippen LogP contribution in [0.5, 0.6) is 0 Å². The molecule has 1 saturated carbocycles. The number of hydrogen-bond donors (Lipinski definition) is 4. The molecule has 7 heteroatoms. The predicted molar refractivity (Wildman–Crippen MR) is 74.4 cm³/mol. The van der Waals surface area contributed by atoms with Crippen molar-refractivity contribution in [2.75, 3.05) is 0 Å². The number of oxime groups is 1. The van der Waals surface area contributed by atoms with Crippen molar-refractivity contribution in [2.45, 2.75) is 44.6 Å². The van der Waals surface area contributed by atoms with Crippen molar-refractivity contribution in [1.29, 1.82) is 0 Å². The van der Waals surface area contributed by atoms with Gasteiger partial charge in [0.1, 0.15) is 11.2 Å². The third-order valence-corrected chi connectivity index (χ3v) is 4.23. The molecule has 7 nitrogen and oxygen atoms in total. The maximum absolute atomic E-state index is 12.2. The average molecular weight is 279 g/mol. The fraction of sp³-hybridized carbons (Fsp3) is 0.615. The van der Waals surface area contributed by atoms with E-state index in [1.54, 1.807) is 6.07 Å². The number of amidine groups is 1. The molecule has 0 aromatic carbocycles.